The molecule has 1 aliphatic heterocycles. The van der Waals surface area contributed by atoms with Gasteiger partial charge in [0.2, 0.25) is 0 Å². The van der Waals surface area contributed by atoms with Gasteiger partial charge in [-0.3, -0.25) is 14.5 Å². The Bertz CT molecular complexity index is 1100. The van der Waals surface area contributed by atoms with Crippen molar-refractivity contribution >= 4 is 29.1 Å². The number of anilines is 1. The van der Waals surface area contributed by atoms with Gasteiger partial charge in [0.05, 0.1) is 30.9 Å². The predicted octanol–water partition coefficient (Wildman–Crippen LogP) is 4.71. The van der Waals surface area contributed by atoms with E-state index in [1.165, 1.54) is 4.90 Å². The number of carbonyl (C=O) groups excluding carboxylic acids is 3. The lowest BCUT2D eigenvalue weighted by molar-refractivity contribution is -0.132. The predicted molar refractivity (Wildman–Crippen MR) is 128 cm³/mol. The molecule has 4 rings (SSSR count). The number of aliphatic hydroxyl groups is 1. The van der Waals surface area contributed by atoms with Crippen molar-refractivity contribution in [2.45, 2.75) is 45.1 Å². The molecule has 178 valence electrons. The van der Waals surface area contributed by atoms with Crippen LogP contribution in [0.1, 0.15) is 54.9 Å². The normalized spacial score (nSPS) is 20.4. The molecule has 2 aromatic carbocycles. The highest BCUT2D eigenvalue weighted by Crippen LogP contribution is 2.41. The molecule has 0 bridgehead atoms. The van der Waals surface area contributed by atoms with Gasteiger partial charge in [-0.25, -0.2) is 4.79 Å². The Morgan fingerprint density at radius 1 is 0.971 bits per heavy atom. The summed E-state index contributed by atoms with van der Waals surface area (Å²) in [7, 11) is 1.55. The number of amides is 1. The number of benzene rings is 2. The van der Waals surface area contributed by atoms with E-state index in [1.54, 1.807) is 62.6 Å². The number of ketones is 1. The van der Waals surface area contributed by atoms with Crippen LogP contribution >= 0.6 is 0 Å². The van der Waals surface area contributed by atoms with Crippen molar-refractivity contribution < 1.29 is 29.0 Å². The number of nitrogens with zero attached hydrogens (tertiary/aromatic N) is 1. The minimum absolute atomic E-state index is 0.0456. The first-order valence-corrected chi connectivity index (χ1v) is 11.7. The molecule has 7 heteroatoms. The van der Waals surface area contributed by atoms with Crippen LogP contribution in [0.25, 0.3) is 5.76 Å². The molecule has 1 N–H and O–H groups in total. The SMILES string of the molecule is CCOC(=O)c1ccc(N2C(=O)C(=O)/C(=C(/O)c3ccc(OC)cc3)C2C2CCCCC2)cc1. The summed E-state index contributed by atoms with van der Waals surface area (Å²) >= 11 is 0. The van der Waals surface area contributed by atoms with Gasteiger partial charge >= 0.3 is 5.97 Å². The van der Waals surface area contributed by atoms with E-state index in [-0.39, 0.29) is 23.9 Å². The zero-order valence-electron chi connectivity index (χ0n) is 19.5. The molecule has 1 amide bonds. The Hall–Kier alpha value is -3.61. The van der Waals surface area contributed by atoms with Gasteiger partial charge in [-0.05, 0) is 74.2 Å². The second kappa shape index (κ2) is 10.1. The van der Waals surface area contributed by atoms with Crippen LogP contribution in [0.2, 0.25) is 0 Å². The van der Waals surface area contributed by atoms with Crippen LogP contribution < -0.4 is 9.64 Å². The summed E-state index contributed by atoms with van der Waals surface area (Å²) in [5.74, 6) is -1.32. The summed E-state index contributed by atoms with van der Waals surface area (Å²) in [5.41, 5.74) is 1.47. The Morgan fingerprint density at radius 3 is 2.18 bits per heavy atom. The fourth-order valence-electron chi connectivity index (χ4n) is 4.91. The van der Waals surface area contributed by atoms with Crippen molar-refractivity contribution in [2.24, 2.45) is 5.92 Å². The Balaban J connectivity index is 1.77. The molecule has 0 radical (unpaired) electrons. The van der Waals surface area contributed by atoms with E-state index in [4.69, 9.17) is 9.47 Å². The number of aliphatic hydroxyl groups excluding tert-OH is 1. The van der Waals surface area contributed by atoms with E-state index in [0.717, 1.165) is 32.1 Å². The number of carbonyl (C=O) groups is 3. The average Bonchev–Trinajstić information content (AvgIpc) is 3.14. The minimum atomic E-state index is -0.696. The third-order valence-corrected chi connectivity index (χ3v) is 6.60. The maximum atomic E-state index is 13.2. The quantitative estimate of drug-likeness (QED) is 0.289. The van der Waals surface area contributed by atoms with Crippen molar-refractivity contribution in [3.05, 3.63) is 65.2 Å². The van der Waals surface area contributed by atoms with E-state index in [1.807, 2.05) is 0 Å². The van der Waals surface area contributed by atoms with Crippen LogP contribution in [0, 0.1) is 5.92 Å². The molecule has 1 saturated carbocycles. The molecular formula is C27H29NO6. The molecule has 2 fully saturated rings. The third kappa shape index (κ3) is 4.42. The highest BCUT2D eigenvalue weighted by atomic mass is 16.5. The molecule has 7 nitrogen and oxygen atoms in total. The van der Waals surface area contributed by atoms with Gasteiger partial charge in [0.25, 0.3) is 11.7 Å². The largest absolute Gasteiger partial charge is 0.507 e. The number of hydrogen-bond acceptors (Lipinski definition) is 6. The van der Waals surface area contributed by atoms with Gasteiger partial charge in [-0.2, -0.15) is 0 Å². The zero-order valence-corrected chi connectivity index (χ0v) is 19.5. The van der Waals surface area contributed by atoms with Crippen molar-refractivity contribution in [1.29, 1.82) is 0 Å². The molecule has 34 heavy (non-hydrogen) atoms. The van der Waals surface area contributed by atoms with Crippen molar-refractivity contribution in [1.82, 2.24) is 0 Å². The number of methoxy groups -OCH3 is 1. The second-order valence-corrected chi connectivity index (χ2v) is 8.61. The number of rotatable bonds is 6. The molecule has 2 aliphatic rings. The van der Waals surface area contributed by atoms with E-state index in [0.29, 0.717) is 22.6 Å². The summed E-state index contributed by atoms with van der Waals surface area (Å²) in [6.07, 6.45) is 4.86. The number of ether oxygens (including phenoxy) is 2. The molecule has 1 aliphatic carbocycles. The van der Waals surface area contributed by atoms with Crippen LogP contribution in [0.4, 0.5) is 5.69 Å². The zero-order chi connectivity index (χ0) is 24.2. The van der Waals surface area contributed by atoms with Gasteiger partial charge < -0.3 is 14.6 Å². The van der Waals surface area contributed by atoms with Gasteiger partial charge in [-0.15, -0.1) is 0 Å². The lowest BCUT2D eigenvalue weighted by Crippen LogP contribution is -2.40. The Kier molecular flexibility index (Phi) is 7.01. The lowest BCUT2D eigenvalue weighted by atomic mass is 9.80. The molecule has 0 spiro atoms. The summed E-state index contributed by atoms with van der Waals surface area (Å²) in [5, 5.41) is 11.2. The van der Waals surface area contributed by atoms with Gasteiger partial charge in [0.15, 0.2) is 0 Å². The van der Waals surface area contributed by atoms with Crippen LogP contribution in [0.5, 0.6) is 5.75 Å². The molecule has 1 unspecified atom stereocenters. The van der Waals surface area contributed by atoms with E-state index in [9.17, 15) is 19.5 Å². The second-order valence-electron chi connectivity index (χ2n) is 8.61. The van der Waals surface area contributed by atoms with Gasteiger partial charge in [0.1, 0.15) is 11.5 Å². The van der Waals surface area contributed by atoms with Crippen LogP contribution in [-0.2, 0) is 14.3 Å². The van der Waals surface area contributed by atoms with Crippen LogP contribution in [0.15, 0.2) is 54.1 Å². The fourth-order valence-corrected chi connectivity index (χ4v) is 4.91. The van der Waals surface area contributed by atoms with E-state index in [2.05, 4.69) is 0 Å². The topological polar surface area (TPSA) is 93.1 Å². The molecule has 0 aromatic heterocycles. The summed E-state index contributed by atoms with van der Waals surface area (Å²) in [6, 6.07) is 12.7. The third-order valence-electron chi connectivity index (χ3n) is 6.60. The monoisotopic (exact) mass is 463 g/mol. The van der Waals surface area contributed by atoms with Crippen LogP contribution in [-0.4, -0.2) is 42.5 Å². The van der Waals surface area contributed by atoms with Crippen molar-refractivity contribution in [3.8, 4) is 5.75 Å². The summed E-state index contributed by atoms with van der Waals surface area (Å²) < 4.78 is 10.2. The standard InChI is InChI=1S/C27H29NO6/c1-3-34-27(32)19-9-13-20(14-10-19)28-23(17-7-5-4-6-8-17)22(25(30)26(28)31)24(29)18-11-15-21(33-2)16-12-18/h9-17,23,29H,3-8H2,1-2H3/b24-22+. The summed E-state index contributed by atoms with van der Waals surface area (Å²) in [4.78, 5) is 40.0. The molecule has 1 saturated heterocycles. The first-order chi connectivity index (χ1) is 16.5. The maximum absolute atomic E-state index is 13.2. The average molecular weight is 464 g/mol. The number of esters is 1. The number of Topliss-reactive ketones (excluding diaryl/α,β-unsaturated/α-hetero) is 1. The first kappa shape index (κ1) is 23.5. The molecule has 1 heterocycles. The molecule has 2 aromatic rings. The highest BCUT2D eigenvalue weighted by Gasteiger charge is 2.49. The highest BCUT2D eigenvalue weighted by molar-refractivity contribution is 6.51. The number of hydrogen-bond donors (Lipinski definition) is 1. The van der Waals surface area contributed by atoms with E-state index < -0.39 is 23.7 Å². The smallest absolute Gasteiger partial charge is 0.338 e. The maximum Gasteiger partial charge on any atom is 0.338 e. The lowest BCUT2D eigenvalue weighted by Gasteiger charge is -2.34. The van der Waals surface area contributed by atoms with Crippen LogP contribution in [0.3, 0.4) is 0 Å². The fraction of sp³-hybridized carbons (Fsp3) is 0.370. The Morgan fingerprint density at radius 2 is 1.59 bits per heavy atom. The van der Waals surface area contributed by atoms with Gasteiger partial charge in [0, 0.05) is 11.3 Å². The van der Waals surface area contributed by atoms with Gasteiger partial charge in [-0.1, -0.05) is 19.3 Å². The van der Waals surface area contributed by atoms with E-state index >= 15 is 0 Å². The van der Waals surface area contributed by atoms with Crippen molar-refractivity contribution in [3.63, 3.8) is 0 Å². The van der Waals surface area contributed by atoms with Crippen molar-refractivity contribution in [2.75, 3.05) is 18.6 Å². The Labute approximate surface area is 199 Å². The molecule has 1 atom stereocenters. The molecular weight excluding hydrogens is 434 g/mol. The summed E-state index contributed by atoms with van der Waals surface area (Å²) in [6.45, 7) is 2.00. The first-order valence-electron chi connectivity index (χ1n) is 11.7. The minimum Gasteiger partial charge on any atom is -0.507 e.